The molecule has 1 aliphatic carbocycles. The molecule has 3 rings (SSSR count). The Bertz CT molecular complexity index is 588. The van der Waals surface area contributed by atoms with E-state index in [2.05, 4.69) is 12.1 Å². The fraction of sp³-hybridized carbons (Fsp3) is 0.294. The minimum atomic E-state index is -0.178. The maximum Gasteiger partial charge on any atom is 0.131 e. The summed E-state index contributed by atoms with van der Waals surface area (Å²) < 4.78 is 14.0. The molecule has 2 N–H and O–H groups in total. The molecule has 2 aromatic carbocycles. The Balaban J connectivity index is 2.01. The summed E-state index contributed by atoms with van der Waals surface area (Å²) in [6.45, 7) is 0.440. The maximum atomic E-state index is 14.0. The lowest BCUT2D eigenvalue weighted by Crippen LogP contribution is -2.08. The zero-order valence-electron chi connectivity index (χ0n) is 10.9. The Kier molecular flexibility index (Phi) is 3.34. The smallest absolute Gasteiger partial charge is 0.131 e. The van der Waals surface area contributed by atoms with Gasteiger partial charge in [0.15, 0.2) is 0 Å². The highest BCUT2D eigenvalue weighted by molar-refractivity contribution is 5.66. The molecular weight excluding hydrogens is 237 g/mol. The molecule has 2 aromatic rings. The Hall–Kier alpha value is -1.67. The van der Waals surface area contributed by atoms with Crippen molar-refractivity contribution in [1.82, 2.24) is 0 Å². The molecule has 0 bridgehead atoms. The number of rotatable bonds is 3. The van der Waals surface area contributed by atoms with Crippen LogP contribution in [0.1, 0.15) is 36.3 Å². The van der Waals surface area contributed by atoms with Crippen molar-refractivity contribution < 1.29 is 4.39 Å². The van der Waals surface area contributed by atoms with E-state index in [0.717, 1.165) is 11.1 Å². The third-order valence-corrected chi connectivity index (χ3v) is 4.04. The molecule has 1 saturated carbocycles. The summed E-state index contributed by atoms with van der Waals surface area (Å²) in [5, 5.41) is 0. The topological polar surface area (TPSA) is 26.0 Å². The van der Waals surface area contributed by atoms with Gasteiger partial charge in [-0.25, -0.2) is 4.39 Å². The predicted molar refractivity (Wildman–Crippen MR) is 76.3 cm³/mol. The van der Waals surface area contributed by atoms with Gasteiger partial charge in [-0.05, 0) is 47.6 Å². The minimum absolute atomic E-state index is 0.178. The number of hydrogen-bond donors (Lipinski definition) is 1. The van der Waals surface area contributed by atoms with Gasteiger partial charge in [-0.15, -0.1) is 0 Å². The van der Waals surface area contributed by atoms with E-state index in [1.165, 1.54) is 30.9 Å². The van der Waals surface area contributed by atoms with Gasteiger partial charge in [-0.3, -0.25) is 0 Å². The molecule has 0 saturated heterocycles. The molecular formula is C17H18FN. The van der Waals surface area contributed by atoms with Gasteiger partial charge in [0.2, 0.25) is 0 Å². The molecule has 0 radical (unpaired) electrons. The highest BCUT2D eigenvalue weighted by atomic mass is 19.1. The highest BCUT2D eigenvalue weighted by Crippen LogP contribution is 2.37. The van der Waals surface area contributed by atoms with Gasteiger partial charge in [0.05, 0.1) is 0 Å². The Labute approximate surface area is 113 Å². The summed E-state index contributed by atoms with van der Waals surface area (Å²) in [7, 11) is 0. The lowest BCUT2D eigenvalue weighted by atomic mass is 9.79. The molecule has 2 heteroatoms. The van der Waals surface area contributed by atoms with Crippen LogP contribution in [0.4, 0.5) is 4.39 Å². The van der Waals surface area contributed by atoms with Gasteiger partial charge < -0.3 is 5.73 Å². The second kappa shape index (κ2) is 5.14. The average molecular weight is 255 g/mol. The zero-order valence-corrected chi connectivity index (χ0v) is 10.9. The summed E-state index contributed by atoms with van der Waals surface area (Å²) in [5.41, 5.74) is 9.54. The van der Waals surface area contributed by atoms with Gasteiger partial charge in [0.25, 0.3) is 0 Å². The van der Waals surface area contributed by atoms with Gasteiger partial charge in [0, 0.05) is 12.1 Å². The predicted octanol–water partition coefficient (Wildman–Crippen LogP) is 4.22. The average Bonchev–Trinajstić information content (AvgIpc) is 2.38. The van der Waals surface area contributed by atoms with Crippen molar-refractivity contribution >= 4 is 0 Å². The first kappa shape index (κ1) is 12.4. The fourth-order valence-electron chi connectivity index (χ4n) is 2.62. The van der Waals surface area contributed by atoms with E-state index >= 15 is 0 Å². The molecule has 98 valence electrons. The van der Waals surface area contributed by atoms with Crippen molar-refractivity contribution in [1.29, 1.82) is 0 Å². The fourth-order valence-corrected chi connectivity index (χ4v) is 2.62. The lowest BCUT2D eigenvalue weighted by molar-refractivity contribution is 0.420. The van der Waals surface area contributed by atoms with Gasteiger partial charge >= 0.3 is 0 Å². The summed E-state index contributed by atoms with van der Waals surface area (Å²) >= 11 is 0. The first-order chi connectivity index (χ1) is 9.28. The van der Waals surface area contributed by atoms with Crippen LogP contribution in [0.15, 0.2) is 42.5 Å². The minimum Gasteiger partial charge on any atom is -0.326 e. The van der Waals surface area contributed by atoms with Crippen LogP contribution in [0.3, 0.4) is 0 Å². The first-order valence-electron chi connectivity index (χ1n) is 6.87. The number of nitrogens with two attached hydrogens (primary N) is 1. The zero-order chi connectivity index (χ0) is 13.2. The number of halogens is 1. The van der Waals surface area contributed by atoms with Crippen LogP contribution in [-0.4, -0.2) is 0 Å². The summed E-state index contributed by atoms with van der Waals surface area (Å²) in [6.07, 6.45) is 3.83. The quantitative estimate of drug-likeness (QED) is 0.873. The second-order valence-corrected chi connectivity index (χ2v) is 5.27. The van der Waals surface area contributed by atoms with Gasteiger partial charge in [0.1, 0.15) is 5.82 Å². The monoisotopic (exact) mass is 255 g/mol. The third-order valence-electron chi connectivity index (χ3n) is 4.04. The van der Waals surface area contributed by atoms with E-state index in [0.29, 0.717) is 18.0 Å². The van der Waals surface area contributed by atoms with E-state index in [9.17, 15) is 4.39 Å². The highest BCUT2D eigenvalue weighted by Gasteiger charge is 2.19. The van der Waals surface area contributed by atoms with Crippen molar-refractivity contribution in [2.45, 2.75) is 31.7 Å². The molecule has 1 aliphatic rings. The van der Waals surface area contributed by atoms with Crippen LogP contribution >= 0.6 is 0 Å². The number of hydrogen-bond acceptors (Lipinski definition) is 1. The van der Waals surface area contributed by atoms with Gasteiger partial charge in [-0.2, -0.15) is 0 Å². The van der Waals surface area contributed by atoms with Crippen molar-refractivity contribution in [3.63, 3.8) is 0 Å². The van der Waals surface area contributed by atoms with Crippen LogP contribution in [0.5, 0.6) is 0 Å². The summed E-state index contributed by atoms with van der Waals surface area (Å²) in [4.78, 5) is 0. The van der Waals surface area contributed by atoms with E-state index in [-0.39, 0.29) is 5.82 Å². The second-order valence-electron chi connectivity index (χ2n) is 5.27. The van der Waals surface area contributed by atoms with Crippen LogP contribution in [0, 0.1) is 5.82 Å². The van der Waals surface area contributed by atoms with Gasteiger partial charge in [-0.1, -0.05) is 36.8 Å². The molecule has 0 spiro atoms. The van der Waals surface area contributed by atoms with E-state index in [4.69, 9.17) is 5.73 Å². The first-order valence-corrected chi connectivity index (χ1v) is 6.87. The van der Waals surface area contributed by atoms with E-state index in [1.807, 2.05) is 18.2 Å². The van der Waals surface area contributed by atoms with Crippen molar-refractivity contribution in [3.05, 3.63) is 59.4 Å². The third kappa shape index (κ3) is 2.41. The number of benzene rings is 2. The van der Waals surface area contributed by atoms with E-state index in [1.54, 1.807) is 6.07 Å². The van der Waals surface area contributed by atoms with Crippen molar-refractivity contribution in [2.75, 3.05) is 0 Å². The molecule has 1 nitrogen and oxygen atoms in total. The van der Waals surface area contributed by atoms with Crippen LogP contribution in [0.25, 0.3) is 11.1 Å². The van der Waals surface area contributed by atoms with Crippen LogP contribution in [-0.2, 0) is 6.54 Å². The van der Waals surface area contributed by atoms with E-state index < -0.39 is 0 Å². The molecule has 0 unspecified atom stereocenters. The molecule has 1 fully saturated rings. The summed E-state index contributed by atoms with van der Waals surface area (Å²) in [6, 6.07) is 13.4. The largest absolute Gasteiger partial charge is 0.326 e. The SMILES string of the molecule is NCc1ccc(F)c(-c2cccc(C3CCC3)c2)c1. The molecule has 19 heavy (non-hydrogen) atoms. The molecule has 0 heterocycles. The molecule has 0 amide bonds. The van der Waals surface area contributed by atoms with Crippen molar-refractivity contribution in [3.8, 4) is 11.1 Å². The Morgan fingerprint density at radius 1 is 1.11 bits per heavy atom. The molecule has 0 aliphatic heterocycles. The Morgan fingerprint density at radius 3 is 2.63 bits per heavy atom. The molecule has 0 atom stereocenters. The van der Waals surface area contributed by atoms with Crippen LogP contribution in [0.2, 0.25) is 0 Å². The molecule has 0 aromatic heterocycles. The summed E-state index contributed by atoms with van der Waals surface area (Å²) in [5.74, 6) is 0.490. The maximum absolute atomic E-state index is 14.0. The standard InChI is InChI=1S/C17H18FN/c18-17-8-7-12(11-19)9-16(17)15-6-2-5-14(10-15)13-3-1-4-13/h2,5-10,13H,1,3-4,11,19H2. The lowest BCUT2D eigenvalue weighted by Gasteiger charge is -2.26. The van der Waals surface area contributed by atoms with Crippen molar-refractivity contribution in [2.24, 2.45) is 5.73 Å². The van der Waals surface area contributed by atoms with Crippen LogP contribution < -0.4 is 5.73 Å². The Morgan fingerprint density at radius 2 is 1.95 bits per heavy atom. The normalized spacial score (nSPS) is 15.3.